The van der Waals surface area contributed by atoms with Gasteiger partial charge in [-0.2, -0.15) is 0 Å². The molecule has 19 nitrogen and oxygen atoms in total. The Kier molecular flexibility index (Phi) is 17.7. The van der Waals surface area contributed by atoms with Crippen LogP contribution in [-0.4, -0.2) is 164 Å². The minimum absolute atomic E-state index is 0.0531. The molecule has 6 N–H and O–H groups in total. The van der Waals surface area contributed by atoms with Crippen LogP contribution in [-0.2, 0) is 33.5 Å². The molecule has 81 heavy (non-hydrogen) atoms. The molecule has 0 radical (unpaired) electrons. The molecule has 4 aliphatic heterocycles. The number of H-pyrrole nitrogens is 2. The number of likely N-dealkylation sites (N-methyl/N-ethyl adjacent to an activating group) is 2. The molecule has 1 unspecified atom stereocenters. The van der Waals surface area contributed by atoms with Crippen LogP contribution < -0.4 is 21.3 Å². The van der Waals surface area contributed by atoms with E-state index in [-0.39, 0.29) is 92.3 Å². The quantitative estimate of drug-likeness (QED) is 0.0412. The Hall–Kier alpha value is -7.74. The van der Waals surface area contributed by atoms with Crippen LogP contribution >= 0.6 is 0 Å². The second-order valence-electron chi connectivity index (χ2n) is 22.0. The van der Waals surface area contributed by atoms with Gasteiger partial charge in [-0.15, -0.1) is 0 Å². The number of fused-ring (bicyclic) bond motifs is 4. The van der Waals surface area contributed by atoms with Crippen molar-refractivity contribution in [3.8, 4) is 22.3 Å². The third-order valence-electron chi connectivity index (χ3n) is 16.8. The van der Waals surface area contributed by atoms with Crippen molar-refractivity contribution in [2.75, 3.05) is 46.9 Å². The average Bonchev–Trinajstić information content (AvgIpc) is 4.48. The molecule has 6 amide bonds. The fourth-order valence-corrected chi connectivity index (χ4v) is 12.1. The van der Waals surface area contributed by atoms with E-state index in [1.54, 1.807) is 49.9 Å². The predicted molar refractivity (Wildman–Crippen MR) is 310 cm³/mol. The molecule has 4 saturated heterocycles. The van der Waals surface area contributed by atoms with Gasteiger partial charge in [0.2, 0.25) is 29.5 Å². The van der Waals surface area contributed by atoms with Gasteiger partial charge in [-0.3, -0.25) is 28.8 Å². The van der Waals surface area contributed by atoms with Crippen LogP contribution in [0.3, 0.4) is 0 Å². The van der Waals surface area contributed by atoms with E-state index in [0.29, 0.717) is 63.1 Å². The first-order chi connectivity index (χ1) is 39.3. The first kappa shape index (κ1) is 56.5. The molecule has 2 aromatic heterocycles. The number of unbranched alkanes of at least 4 members (excludes halogenated alkanes) is 1. The van der Waals surface area contributed by atoms with E-state index in [1.807, 2.05) is 114 Å². The summed E-state index contributed by atoms with van der Waals surface area (Å²) in [6.45, 7) is 6.21. The number of hydrogen-bond acceptors (Lipinski definition) is 11. The number of imidazole rings is 2. The zero-order valence-electron chi connectivity index (χ0n) is 47.0. The number of carbonyl (C=O) groups is 6. The standard InChI is InChI=1S/C62H76N12O7/c1-6-7-35-81-52(62(80)72-34-32-43-28-30-51(74(43)61(79)49(37-72)68-59(77)39(3)64-5)57-66-47-24-15-22-45(55(47)70-57)41-19-12-9-13-20-41)25-16-26-53(75)71-33-31-42-27-29-50(73(42)60(78)48(36-71)67-58(76)38(2)63-4)56-65-46-23-14-21-44(54(46)69-56)40-17-10-8-11-18-40/h8-25,38-39,42-43,48-52,63-64H,6-7,26-37H2,1-5H3,(H,65,69)(H,66,70)(H,67,76)(H,68,77)/b25-16+/t38-,39-,42+,43+,48-,49-,50-,51-,52?/m0/s1. The summed E-state index contributed by atoms with van der Waals surface area (Å²) >= 11 is 0. The summed E-state index contributed by atoms with van der Waals surface area (Å²) in [7, 11) is 3.35. The zero-order chi connectivity index (χ0) is 56.7. The highest BCUT2D eigenvalue weighted by molar-refractivity contribution is 5.95. The van der Waals surface area contributed by atoms with Crippen LogP contribution in [0.15, 0.2) is 109 Å². The fourth-order valence-electron chi connectivity index (χ4n) is 12.1. The lowest BCUT2D eigenvalue weighted by Crippen LogP contribution is -2.60. The molecular formula is C62H76N12O7. The summed E-state index contributed by atoms with van der Waals surface area (Å²) in [6.07, 6.45) is 7.23. The van der Waals surface area contributed by atoms with Crippen LogP contribution in [0.4, 0.5) is 0 Å². The number of nitrogens with one attached hydrogen (secondary N) is 6. The maximum Gasteiger partial charge on any atom is 0.255 e. The van der Waals surface area contributed by atoms with Gasteiger partial charge in [0.25, 0.3) is 5.91 Å². The molecule has 6 heterocycles. The Morgan fingerprint density at radius 1 is 0.642 bits per heavy atom. The van der Waals surface area contributed by atoms with Crippen LogP contribution in [0.5, 0.6) is 0 Å². The second kappa shape index (κ2) is 25.4. The highest BCUT2D eigenvalue weighted by Crippen LogP contribution is 2.41. The van der Waals surface area contributed by atoms with E-state index in [9.17, 15) is 24.0 Å². The molecule has 4 aliphatic rings. The van der Waals surface area contributed by atoms with Crippen molar-refractivity contribution in [1.29, 1.82) is 0 Å². The van der Waals surface area contributed by atoms with E-state index in [4.69, 9.17) is 14.7 Å². The van der Waals surface area contributed by atoms with Crippen molar-refractivity contribution in [3.63, 3.8) is 0 Å². The van der Waals surface area contributed by atoms with Crippen LogP contribution in [0, 0.1) is 0 Å². The summed E-state index contributed by atoms with van der Waals surface area (Å²) in [5.74, 6) is -0.631. The smallest absolute Gasteiger partial charge is 0.255 e. The zero-order valence-corrected chi connectivity index (χ0v) is 47.0. The van der Waals surface area contributed by atoms with Gasteiger partial charge in [0.15, 0.2) is 6.10 Å². The SMILES string of the molecule is CCCCOC(/C=C/CC(=O)N1CC[C@H]2CC[C@@H](c3nc4c(-c5ccccc5)cccc4[nH]3)N2C(=O)[C@@H](NC(=O)[C@H](C)NC)C1)C(=O)N1CC[C@H]2CC[C@@H](c3nc4c(-c5ccccc5)cccc4[nH]3)N2C(=O)[C@@H](NC(=O)[C@H](C)NC)C1. The lowest BCUT2D eigenvalue weighted by atomic mass is 10.0. The van der Waals surface area contributed by atoms with Crippen LogP contribution in [0.2, 0.25) is 0 Å². The fraction of sp³-hybridized carbons (Fsp3) is 0.452. The van der Waals surface area contributed by atoms with Gasteiger partial charge in [-0.05, 0) is 102 Å². The summed E-state index contributed by atoms with van der Waals surface area (Å²) in [5, 5.41) is 11.9. The molecule has 4 fully saturated rings. The van der Waals surface area contributed by atoms with Crippen LogP contribution in [0.1, 0.15) is 102 Å². The third kappa shape index (κ3) is 12.2. The molecule has 19 heteroatoms. The molecule has 4 aromatic carbocycles. The van der Waals surface area contributed by atoms with Gasteiger partial charge in [0.1, 0.15) is 23.7 Å². The van der Waals surface area contributed by atoms with Gasteiger partial charge in [-0.25, -0.2) is 9.97 Å². The van der Waals surface area contributed by atoms with E-state index in [2.05, 4.69) is 31.2 Å². The summed E-state index contributed by atoms with van der Waals surface area (Å²) < 4.78 is 6.29. The molecule has 426 valence electrons. The van der Waals surface area contributed by atoms with Gasteiger partial charge in [-0.1, -0.05) is 104 Å². The molecule has 0 aliphatic carbocycles. The van der Waals surface area contributed by atoms with Crippen molar-refractivity contribution < 1.29 is 33.5 Å². The Labute approximate surface area is 473 Å². The Bertz CT molecular complexity index is 3250. The van der Waals surface area contributed by atoms with E-state index < -0.39 is 30.3 Å². The topological polar surface area (TPSA) is 230 Å². The molecule has 0 bridgehead atoms. The number of carbonyl (C=O) groups excluding carboxylic acids is 6. The highest BCUT2D eigenvalue weighted by Gasteiger charge is 2.47. The molecule has 9 atom stereocenters. The molecule has 10 rings (SSSR count). The van der Waals surface area contributed by atoms with Gasteiger partial charge >= 0.3 is 0 Å². The van der Waals surface area contributed by atoms with E-state index in [1.165, 1.54) is 0 Å². The maximum absolute atomic E-state index is 15.1. The summed E-state index contributed by atoms with van der Waals surface area (Å²) in [6, 6.07) is 27.6. The van der Waals surface area contributed by atoms with Crippen molar-refractivity contribution in [2.45, 2.75) is 133 Å². The largest absolute Gasteiger partial charge is 0.364 e. The summed E-state index contributed by atoms with van der Waals surface area (Å²) in [4.78, 5) is 111. The van der Waals surface area contributed by atoms with Gasteiger partial charge in [0, 0.05) is 55.9 Å². The van der Waals surface area contributed by atoms with Gasteiger partial charge < -0.3 is 55.6 Å². The number of aromatic nitrogens is 4. The number of nitrogens with zero attached hydrogens (tertiary/aromatic N) is 6. The number of hydrogen-bond donors (Lipinski definition) is 6. The number of para-hydroxylation sites is 2. The van der Waals surface area contributed by atoms with Crippen molar-refractivity contribution >= 4 is 57.5 Å². The average molecular weight is 1100 g/mol. The first-order valence-electron chi connectivity index (χ1n) is 28.9. The minimum atomic E-state index is -1.09. The number of amides is 6. The summed E-state index contributed by atoms with van der Waals surface area (Å²) in [5.41, 5.74) is 7.39. The molecule has 0 saturated carbocycles. The van der Waals surface area contributed by atoms with Crippen molar-refractivity contribution in [3.05, 3.63) is 121 Å². The van der Waals surface area contributed by atoms with E-state index >= 15 is 4.79 Å². The number of ether oxygens (including phenoxy) is 1. The molecule has 6 aromatic rings. The van der Waals surface area contributed by atoms with Crippen molar-refractivity contribution in [1.82, 2.24) is 60.8 Å². The maximum atomic E-state index is 15.1. The number of benzene rings is 4. The van der Waals surface area contributed by atoms with Crippen LogP contribution in [0.25, 0.3) is 44.3 Å². The lowest BCUT2D eigenvalue weighted by Gasteiger charge is -2.39. The molecular weight excluding hydrogens is 1020 g/mol. The number of aromatic amines is 2. The Morgan fingerprint density at radius 2 is 1.12 bits per heavy atom. The third-order valence-corrected chi connectivity index (χ3v) is 16.8. The monoisotopic (exact) mass is 1100 g/mol. The van der Waals surface area contributed by atoms with E-state index in [0.717, 1.165) is 50.7 Å². The Morgan fingerprint density at radius 3 is 1.60 bits per heavy atom. The molecule has 0 spiro atoms. The minimum Gasteiger partial charge on any atom is -0.364 e. The van der Waals surface area contributed by atoms with Gasteiger partial charge in [0.05, 0.1) is 52.8 Å². The first-order valence-corrected chi connectivity index (χ1v) is 28.9. The normalized spacial score (nSPS) is 22.7. The second-order valence-corrected chi connectivity index (χ2v) is 22.0. The van der Waals surface area contributed by atoms with Crippen molar-refractivity contribution in [2.24, 2.45) is 0 Å². The lowest BCUT2D eigenvalue weighted by molar-refractivity contribution is -0.148. The Balaban J connectivity index is 0.859. The highest BCUT2D eigenvalue weighted by atomic mass is 16.5. The number of rotatable bonds is 18. The predicted octanol–water partition coefficient (Wildman–Crippen LogP) is 6.32.